The van der Waals surface area contributed by atoms with Crippen LogP contribution in [-0.4, -0.2) is 50.6 Å². The van der Waals surface area contributed by atoms with Crippen molar-refractivity contribution in [3.8, 4) is 5.75 Å². The third kappa shape index (κ3) is 5.31. The first-order valence-corrected chi connectivity index (χ1v) is 7.36. The van der Waals surface area contributed by atoms with Crippen molar-refractivity contribution in [2.75, 3.05) is 39.5 Å². The first-order chi connectivity index (χ1) is 9.88. The zero-order valence-corrected chi connectivity index (χ0v) is 11.9. The van der Waals surface area contributed by atoms with Gasteiger partial charge < -0.3 is 9.47 Å². The van der Waals surface area contributed by atoms with E-state index in [4.69, 9.17) is 9.47 Å². The van der Waals surface area contributed by atoms with Gasteiger partial charge in [0.25, 0.3) is 0 Å². The molecule has 1 aliphatic heterocycles. The maximum atomic E-state index is 10.7. The Morgan fingerprint density at radius 1 is 1.20 bits per heavy atom. The van der Waals surface area contributed by atoms with E-state index in [9.17, 15) is 4.79 Å². The molecule has 0 aliphatic carbocycles. The second-order valence-corrected chi connectivity index (χ2v) is 5.05. The van der Waals surface area contributed by atoms with E-state index in [1.165, 1.54) is 12.8 Å². The van der Waals surface area contributed by atoms with Crippen LogP contribution in [0.3, 0.4) is 0 Å². The van der Waals surface area contributed by atoms with E-state index >= 15 is 0 Å². The molecule has 0 aromatic heterocycles. The van der Waals surface area contributed by atoms with Crippen molar-refractivity contribution in [3.05, 3.63) is 29.8 Å². The lowest BCUT2D eigenvalue weighted by molar-refractivity contribution is 0.0370. The Labute approximate surface area is 120 Å². The molecule has 0 atom stereocenters. The third-order valence-corrected chi connectivity index (χ3v) is 3.49. The van der Waals surface area contributed by atoms with E-state index in [0.29, 0.717) is 12.2 Å². The van der Waals surface area contributed by atoms with E-state index in [1.807, 2.05) is 12.1 Å². The van der Waals surface area contributed by atoms with Crippen LogP contribution in [0.1, 0.15) is 29.6 Å². The number of hydrogen-bond donors (Lipinski definition) is 0. The van der Waals surface area contributed by atoms with Crippen LogP contribution in [0.15, 0.2) is 24.3 Å². The Kier molecular flexibility index (Phi) is 6.54. The fraction of sp³-hybridized carbons (Fsp3) is 0.562. The van der Waals surface area contributed by atoms with Crippen LogP contribution in [0.25, 0.3) is 0 Å². The highest BCUT2D eigenvalue weighted by Gasteiger charge is 2.08. The lowest BCUT2D eigenvalue weighted by atomic mass is 10.2. The van der Waals surface area contributed by atoms with Gasteiger partial charge in [0.05, 0.1) is 19.8 Å². The number of aldehydes is 1. The molecule has 4 heteroatoms. The van der Waals surface area contributed by atoms with Crippen molar-refractivity contribution >= 4 is 6.29 Å². The molecule has 0 spiro atoms. The Morgan fingerprint density at radius 2 is 2.05 bits per heavy atom. The number of nitrogens with zero attached hydrogens (tertiary/aromatic N) is 1. The molecule has 1 aliphatic rings. The predicted octanol–water partition coefficient (Wildman–Crippen LogP) is 2.38. The molecule has 110 valence electrons. The minimum atomic E-state index is 0.662. The van der Waals surface area contributed by atoms with E-state index in [-0.39, 0.29) is 0 Å². The van der Waals surface area contributed by atoms with Gasteiger partial charge in [0, 0.05) is 18.7 Å². The standard InChI is InChI=1S/C16H23NO3/c18-14-15-5-4-6-16(13-15)20-10-3-1-2-7-17-8-11-19-12-9-17/h4-6,13-14H,1-3,7-12H2. The van der Waals surface area contributed by atoms with Crippen LogP contribution >= 0.6 is 0 Å². The molecule has 0 bridgehead atoms. The van der Waals surface area contributed by atoms with Crippen LogP contribution in [-0.2, 0) is 4.74 Å². The van der Waals surface area contributed by atoms with Crippen molar-refractivity contribution in [3.63, 3.8) is 0 Å². The summed E-state index contributed by atoms with van der Waals surface area (Å²) in [4.78, 5) is 13.1. The lowest BCUT2D eigenvalue weighted by Gasteiger charge is -2.26. The van der Waals surface area contributed by atoms with Crippen molar-refractivity contribution in [1.29, 1.82) is 0 Å². The van der Waals surface area contributed by atoms with Crippen molar-refractivity contribution in [2.45, 2.75) is 19.3 Å². The summed E-state index contributed by atoms with van der Waals surface area (Å²) in [5.41, 5.74) is 0.662. The van der Waals surface area contributed by atoms with Crippen LogP contribution in [0.4, 0.5) is 0 Å². The van der Waals surface area contributed by atoms with Gasteiger partial charge in [0.15, 0.2) is 0 Å². The molecule has 1 aromatic rings. The maximum absolute atomic E-state index is 10.7. The topological polar surface area (TPSA) is 38.8 Å². The van der Waals surface area contributed by atoms with Gasteiger partial charge in [-0.15, -0.1) is 0 Å². The number of ether oxygens (including phenoxy) is 2. The second-order valence-electron chi connectivity index (χ2n) is 5.05. The van der Waals surface area contributed by atoms with Gasteiger partial charge in [0.2, 0.25) is 0 Å². The van der Waals surface area contributed by atoms with Crippen molar-refractivity contribution in [2.24, 2.45) is 0 Å². The molecule has 0 unspecified atom stereocenters. The summed E-state index contributed by atoms with van der Waals surface area (Å²) in [6.07, 6.45) is 4.27. The molecule has 1 fully saturated rings. The Balaban J connectivity index is 1.53. The molecule has 1 aromatic carbocycles. The minimum absolute atomic E-state index is 0.662. The summed E-state index contributed by atoms with van der Waals surface area (Å²) < 4.78 is 11.0. The van der Waals surface area contributed by atoms with Crippen molar-refractivity contribution in [1.82, 2.24) is 4.90 Å². The third-order valence-electron chi connectivity index (χ3n) is 3.49. The summed E-state index contributed by atoms with van der Waals surface area (Å²) in [7, 11) is 0. The molecule has 0 saturated carbocycles. The molecular formula is C16H23NO3. The van der Waals surface area contributed by atoms with Gasteiger partial charge in [-0.2, -0.15) is 0 Å². The molecule has 0 radical (unpaired) electrons. The van der Waals surface area contributed by atoms with Crippen molar-refractivity contribution < 1.29 is 14.3 Å². The second kappa shape index (κ2) is 8.72. The highest BCUT2D eigenvalue weighted by Crippen LogP contribution is 2.12. The predicted molar refractivity (Wildman–Crippen MR) is 78.4 cm³/mol. The summed E-state index contributed by atoms with van der Waals surface area (Å²) in [6.45, 7) is 5.74. The normalized spacial score (nSPS) is 16.0. The van der Waals surface area contributed by atoms with Crippen LogP contribution in [0, 0.1) is 0 Å². The Morgan fingerprint density at radius 3 is 2.85 bits per heavy atom. The van der Waals surface area contributed by atoms with E-state index in [0.717, 1.165) is 51.3 Å². The minimum Gasteiger partial charge on any atom is -0.494 e. The molecule has 1 heterocycles. The summed E-state index contributed by atoms with van der Waals surface area (Å²) in [5.74, 6) is 0.780. The molecule has 1 saturated heterocycles. The van der Waals surface area contributed by atoms with Gasteiger partial charge in [-0.3, -0.25) is 9.69 Å². The highest BCUT2D eigenvalue weighted by molar-refractivity contribution is 5.75. The number of unbranched alkanes of at least 4 members (excludes halogenated alkanes) is 2. The molecule has 2 rings (SSSR count). The van der Waals surface area contributed by atoms with Gasteiger partial charge in [-0.1, -0.05) is 12.1 Å². The van der Waals surface area contributed by atoms with Gasteiger partial charge >= 0.3 is 0 Å². The lowest BCUT2D eigenvalue weighted by Crippen LogP contribution is -2.36. The van der Waals surface area contributed by atoms with E-state index < -0.39 is 0 Å². The van der Waals surface area contributed by atoms with Crippen LogP contribution in [0.5, 0.6) is 5.75 Å². The molecule has 4 nitrogen and oxygen atoms in total. The fourth-order valence-electron chi connectivity index (χ4n) is 2.31. The van der Waals surface area contributed by atoms with E-state index in [2.05, 4.69) is 4.90 Å². The SMILES string of the molecule is O=Cc1cccc(OCCCCCN2CCOCC2)c1. The molecule has 0 N–H and O–H groups in total. The number of benzene rings is 1. The number of hydrogen-bond acceptors (Lipinski definition) is 4. The van der Waals surface area contributed by atoms with Gasteiger partial charge in [-0.25, -0.2) is 0 Å². The maximum Gasteiger partial charge on any atom is 0.150 e. The van der Waals surface area contributed by atoms with Crippen LogP contribution < -0.4 is 4.74 Å². The summed E-state index contributed by atoms with van der Waals surface area (Å²) in [5, 5.41) is 0. The first-order valence-electron chi connectivity index (χ1n) is 7.36. The van der Waals surface area contributed by atoms with Gasteiger partial charge in [0.1, 0.15) is 12.0 Å². The molecule has 20 heavy (non-hydrogen) atoms. The zero-order chi connectivity index (χ0) is 14.0. The highest BCUT2D eigenvalue weighted by atomic mass is 16.5. The van der Waals surface area contributed by atoms with E-state index in [1.54, 1.807) is 12.1 Å². The molecular weight excluding hydrogens is 254 g/mol. The first kappa shape index (κ1) is 15.0. The number of carbonyl (C=O) groups excluding carboxylic acids is 1. The summed E-state index contributed by atoms with van der Waals surface area (Å²) >= 11 is 0. The average molecular weight is 277 g/mol. The fourth-order valence-corrected chi connectivity index (χ4v) is 2.31. The Hall–Kier alpha value is -1.39. The molecule has 0 amide bonds. The zero-order valence-electron chi connectivity index (χ0n) is 11.9. The average Bonchev–Trinajstić information content (AvgIpc) is 2.52. The monoisotopic (exact) mass is 277 g/mol. The largest absolute Gasteiger partial charge is 0.494 e. The number of morpholine rings is 1. The number of carbonyl (C=O) groups is 1. The quantitative estimate of drug-likeness (QED) is 0.540. The Bertz CT molecular complexity index is 402. The van der Waals surface area contributed by atoms with Gasteiger partial charge in [-0.05, 0) is 37.9 Å². The van der Waals surface area contributed by atoms with Crippen LogP contribution in [0.2, 0.25) is 0 Å². The number of rotatable bonds is 8. The smallest absolute Gasteiger partial charge is 0.150 e. The summed E-state index contributed by atoms with van der Waals surface area (Å²) in [6, 6.07) is 7.29.